The minimum absolute atomic E-state index is 0.000201. The lowest BCUT2D eigenvalue weighted by Gasteiger charge is -2.59. The number of hydrogen-bond acceptors (Lipinski definition) is 8. The molecule has 0 spiro atoms. The molecule has 0 radical (unpaired) electrons. The van der Waals surface area contributed by atoms with E-state index in [1.165, 1.54) is 27.7 Å². The third-order valence-corrected chi connectivity index (χ3v) is 9.12. The molecule has 8 atom stereocenters. The summed E-state index contributed by atoms with van der Waals surface area (Å²) in [5, 5.41) is 0. The normalized spacial score (nSPS) is 37.5. The summed E-state index contributed by atoms with van der Waals surface area (Å²) in [7, 11) is 0. The van der Waals surface area contributed by atoms with Gasteiger partial charge in [-0.05, 0) is 66.9 Å². The quantitative estimate of drug-likeness (QED) is 0.311. The third kappa shape index (κ3) is 5.18. The number of ether oxygens (including phenoxy) is 4. The van der Waals surface area contributed by atoms with E-state index in [4.69, 9.17) is 18.9 Å². The van der Waals surface area contributed by atoms with Crippen LogP contribution in [0.3, 0.4) is 0 Å². The zero-order chi connectivity index (χ0) is 27.2. The molecule has 3 rings (SSSR count). The van der Waals surface area contributed by atoms with Crippen LogP contribution in [0.2, 0.25) is 0 Å². The molecule has 0 heterocycles. The highest BCUT2D eigenvalue weighted by molar-refractivity contribution is 5.69. The lowest BCUT2D eigenvalue weighted by Crippen LogP contribution is -2.61. The fraction of sp³-hybridized carbons (Fsp3) is 0.786. The average molecular weight is 507 g/mol. The monoisotopic (exact) mass is 506 g/mol. The van der Waals surface area contributed by atoms with Gasteiger partial charge in [-0.2, -0.15) is 0 Å². The highest BCUT2D eigenvalue weighted by atomic mass is 16.6. The number of esters is 4. The first-order valence-corrected chi connectivity index (χ1v) is 13.0. The maximum absolute atomic E-state index is 12.5. The second-order valence-corrected chi connectivity index (χ2v) is 11.8. The molecule has 2 bridgehead atoms. The van der Waals surface area contributed by atoms with Gasteiger partial charge in [0.15, 0.2) is 6.10 Å². The molecule has 36 heavy (non-hydrogen) atoms. The van der Waals surface area contributed by atoms with Crippen molar-refractivity contribution >= 4 is 23.9 Å². The van der Waals surface area contributed by atoms with Crippen LogP contribution < -0.4 is 0 Å². The first-order chi connectivity index (χ1) is 16.6. The molecule has 2 saturated carbocycles. The van der Waals surface area contributed by atoms with E-state index in [1.807, 2.05) is 6.92 Å². The summed E-state index contributed by atoms with van der Waals surface area (Å²) in [6.07, 6.45) is 0.394. The van der Waals surface area contributed by atoms with Crippen LogP contribution in [0.15, 0.2) is 11.1 Å². The lowest BCUT2D eigenvalue weighted by atomic mass is 9.49. The fourth-order valence-corrected chi connectivity index (χ4v) is 7.41. The van der Waals surface area contributed by atoms with Crippen molar-refractivity contribution in [2.75, 3.05) is 0 Å². The standard InChI is InChI=1S/C28H42O8/c1-14-21-12-20-13-23(34-17(4)30)15(2)24(27(20,7)8)25(35-18(5)31)26(36-19(6)32)28(21,9)11-10-22(14)33-16(3)29/h14,20-23,25-26H,10-13H2,1-9H3/t14?,20-,21-,22+,23+,25-,26+,28-/m1/s1. The van der Waals surface area contributed by atoms with Crippen molar-refractivity contribution in [3.63, 3.8) is 0 Å². The van der Waals surface area contributed by atoms with Crippen molar-refractivity contribution in [2.24, 2.45) is 28.6 Å². The second kappa shape index (κ2) is 10.2. The van der Waals surface area contributed by atoms with Crippen LogP contribution in [-0.4, -0.2) is 48.3 Å². The van der Waals surface area contributed by atoms with Gasteiger partial charge in [-0.15, -0.1) is 0 Å². The van der Waals surface area contributed by atoms with Crippen molar-refractivity contribution in [3.8, 4) is 0 Å². The number of hydrogen-bond donors (Lipinski definition) is 0. The molecule has 2 fully saturated rings. The molecule has 0 N–H and O–H groups in total. The van der Waals surface area contributed by atoms with E-state index in [2.05, 4.69) is 27.7 Å². The highest BCUT2D eigenvalue weighted by Gasteiger charge is 2.61. The molecule has 0 aromatic carbocycles. The van der Waals surface area contributed by atoms with Crippen molar-refractivity contribution in [1.29, 1.82) is 0 Å². The Balaban J connectivity index is 2.26. The van der Waals surface area contributed by atoms with Gasteiger partial charge in [-0.1, -0.05) is 27.7 Å². The van der Waals surface area contributed by atoms with Crippen LogP contribution in [0.1, 0.15) is 88.0 Å². The molecule has 0 aromatic heterocycles. The van der Waals surface area contributed by atoms with Crippen molar-refractivity contribution in [1.82, 2.24) is 0 Å². The Kier molecular flexibility index (Phi) is 7.97. The van der Waals surface area contributed by atoms with Crippen LogP contribution in [0.5, 0.6) is 0 Å². The Morgan fingerprint density at radius 3 is 1.89 bits per heavy atom. The summed E-state index contributed by atoms with van der Waals surface area (Å²) in [6.45, 7) is 15.9. The number of carbonyl (C=O) groups is 4. The van der Waals surface area contributed by atoms with Crippen LogP contribution in [0, 0.1) is 28.6 Å². The predicted octanol–water partition coefficient (Wildman–Crippen LogP) is 4.53. The summed E-state index contributed by atoms with van der Waals surface area (Å²) < 4.78 is 23.5. The maximum Gasteiger partial charge on any atom is 0.303 e. The summed E-state index contributed by atoms with van der Waals surface area (Å²) >= 11 is 0. The molecule has 0 saturated heterocycles. The van der Waals surface area contributed by atoms with Gasteiger partial charge in [0.05, 0.1) is 0 Å². The van der Waals surface area contributed by atoms with Gasteiger partial charge in [0.25, 0.3) is 0 Å². The molecule has 8 heteroatoms. The van der Waals surface area contributed by atoms with Crippen molar-refractivity contribution < 1.29 is 38.1 Å². The number of carbonyl (C=O) groups excluding carboxylic acids is 4. The molecule has 3 aliphatic carbocycles. The fourth-order valence-electron chi connectivity index (χ4n) is 7.41. The molecule has 202 valence electrons. The van der Waals surface area contributed by atoms with Crippen molar-refractivity contribution in [2.45, 2.75) is 112 Å². The Hall–Kier alpha value is -2.38. The Bertz CT molecular complexity index is 949. The Labute approximate surface area is 214 Å². The minimum atomic E-state index is -0.826. The van der Waals surface area contributed by atoms with Crippen LogP contribution in [0.4, 0.5) is 0 Å². The summed E-state index contributed by atoms with van der Waals surface area (Å²) in [5.41, 5.74) is 0.755. The van der Waals surface area contributed by atoms with E-state index < -0.39 is 41.1 Å². The van der Waals surface area contributed by atoms with Gasteiger partial charge in [0.1, 0.15) is 18.3 Å². The molecule has 1 unspecified atom stereocenters. The van der Waals surface area contributed by atoms with Gasteiger partial charge in [0, 0.05) is 33.1 Å². The van der Waals surface area contributed by atoms with Gasteiger partial charge in [-0.25, -0.2) is 0 Å². The topological polar surface area (TPSA) is 105 Å². The van der Waals surface area contributed by atoms with Crippen LogP contribution in [0.25, 0.3) is 0 Å². The van der Waals surface area contributed by atoms with Gasteiger partial charge >= 0.3 is 23.9 Å². The van der Waals surface area contributed by atoms with Crippen LogP contribution >= 0.6 is 0 Å². The van der Waals surface area contributed by atoms with Gasteiger partial charge in [0.2, 0.25) is 0 Å². The molecule has 0 amide bonds. The van der Waals surface area contributed by atoms with Crippen molar-refractivity contribution in [3.05, 3.63) is 11.1 Å². The van der Waals surface area contributed by atoms with Crippen LogP contribution in [-0.2, 0) is 38.1 Å². The smallest absolute Gasteiger partial charge is 0.303 e. The highest BCUT2D eigenvalue weighted by Crippen LogP contribution is 2.60. The molecular weight excluding hydrogens is 464 g/mol. The summed E-state index contributed by atoms with van der Waals surface area (Å²) in [4.78, 5) is 48.8. The molecular formula is C28H42O8. The Morgan fingerprint density at radius 2 is 1.36 bits per heavy atom. The maximum atomic E-state index is 12.5. The first-order valence-electron chi connectivity index (χ1n) is 13.0. The predicted molar refractivity (Wildman–Crippen MR) is 131 cm³/mol. The SMILES string of the molecule is CC(=O)O[C@H]1C[C@H]2C[C@@H]3C(C)[C@@H](OC(C)=O)CC[C@@]3(C)[C@@H](OC(C)=O)[C@H](OC(C)=O)C(=C1C)C2(C)C. The van der Waals surface area contributed by atoms with E-state index in [0.717, 1.165) is 17.6 Å². The average Bonchev–Trinajstić information content (AvgIpc) is 2.72. The zero-order valence-corrected chi connectivity index (χ0v) is 23.1. The minimum Gasteiger partial charge on any atom is -0.462 e. The first kappa shape index (κ1) is 28.2. The van der Waals surface area contributed by atoms with Gasteiger partial charge in [-0.3, -0.25) is 19.2 Å². The molecule has 8 nitrogen and oxygen atoms in total. The second-order valence-electron chi connectivity index (χ2n) is 11.8. The zero-order valence-electron chi connectivity index (χ0n) is 23.1. The summed E-state index contributed by atoms with van der Waals surface area (Å²) in [6, 6.07) is 0. The van der Waals surface area contributed by atoms with E-state index in [1.54, 1.807) is 0 Å². The number of rotatable bonds is 4. The molecule has 0 aromatic rings. The van der Waals surface area contributed by atoms with E-state index in [9.17, 15) is 19.2 Å². The largest absolute Gasteiger partial charge is 0.462 e. The molecule has 0 aliphatic heterocycles. The van der Waals surface area contributed by atoms with E-state index >= 15 is 0 Å². The Morgan fingerprint density at radius 1 is 0.806 bits per heavy atom. The lowest BCUT2D eigenvalue weighted by molar-refractivity contribution is -0.200. The molecule has 3 aliphatic rings. The van der Waals surface area contributed by atoms with E-state index in [-0.39, 0.29) is 35.8 Å². The third-order valence-electron chi connectivity index (χ3n) is 9.12. The number of fused-ring (bicyclic) bond motifs is 3. The van der Waals surface area contributed by atoms with Gasteiger partial charge < -0.3 is 18.9 Å². The summed E-state index contributed by atoms with van der Waals surface area (Å²) in [5.74, 6) is -1.53. The van der Waals surface area contributed by atoms with E-state index in [0.29, 0.717) is 19.3 Å².